The molecule has 1 amide bonds. The van der Waals surface area contributed by atoms with E-state index in [4.69, 9.17) is 0 Å². The Morgan fingerprint density at radius 2 is 2.09 bits per heavy atom. The summed E-state index contributed by atoms with van der Waals surface area (Å²) in [7, 11) is 0. The summed E-state index contributed by atoms with van der Waals surface area (Å²) in [4.78, 5) is 11.9. The molecule has 1 aromatic carbocycles. The molecule has 0 saturated carbocycles. The highest BCUT2D eigenvalue weighted by Crippen LogP contribution is 2.15. The van der Waals surface area contributed by atoms with Crippen molar-refractivity contribution in [3.05, 3.63) is 29.8 Å². The van der Waals surface area contributed by atoms with E-state index in [1.807, 2.05) is 0 Å². The Kier molecular flexibility index (Phi) is 8.12. The number of carbonyl (C=O) groups is 1. The van der Waals surface area contributed by atoms with Gasteiger partial charge in [0, 0.05) is 12.1 Å². The third-order valence-electron chi connectivity index (χ3n) is 3.58. The SMILES string of the molecule is Cl.O=C(NCCC1CCCNC1)c1ccc(OC(F)F)cc1. The van der Waals surface area contributed by atoms with Gasteiger partial charge in [0.2, 0.25) is 0 Å². The molecular formula is C15H21ClF2N2O2. The highest BCUT2D eigenvalue weighted by molar-refractivity contribution is 5.94. The van der Waals surface area contributed by atoms with Gasteiger partial charge in [-0.15, -0.1) is 12.4 Å². The van der Waals surface area contributed by atoms with E-state index in [9.17, 15) is 13.6 Å². The molecule has 1 aromatic rings. The number of alkyl halides is 2. The number of ether oxygens (including phenoxy) is 1. The summed E-state index contributed by atoms with van der Waals surface area (Å²) in [6.45, 7) is -0.139. The van der Waals surface area contributed by atoms with Gasteiger partial charge in [-0.2, -0.15) is 8.78 Å². The van der Waals surface area contributed by atoms with E-state index in [0.717, 1.165) is 19.5 Å². The molecule has 0 bridgehead atoms. The van der Waals surface area contributed by atoms with Crippen LogP contribution in [-0.2, 0) is 0 Å². The second-order valence-electron chi connectivity index (χ2n) is 5.16. The average Bonchev–Trinajstić information content (AvgIpc) is 2.48. The van der Waals surface area contributed by atoms with Crippen LogP contribution in [0.5, 0.6) is 5.75 Å². The molecule has 1 aliphatic rings. The average molecular weight is 335 g/mol. The summed E-state index contributed by atoms with van der Waals surface area (Å²) < 4.78 is 28.3. The first-order valence-electron chi connectivity index (χ1n) is 7.19. The summed E-state index contributed by atoms with van der Waals surface area (Å²) in [5.41, 5.74) is 0.443. The topological polar surface area (TPSA) is 50.4 Å². The lowest BCUT2D eigenvalue weighted by Gasteiger charge is -2.22. The molecular weight excluding hydrogens is 314 g/mol. The van der Waals surface area contributed by atoms with Crippen molar-refractivity contribution in [3.63, 3.8) is 0 Å². The first-order chi connectivity index (χ1) is 10.1. The van der Waals surface area contributed by atoms with Crippen LogP contribution < -0.4 is 15.4 Å². The number of rotatable bonds is 6. The number of halogens is 3. The maximum Gasteiger partial charge on any atom is 0.387 e. The van der Waals surface area contributed by atoms with Gasteiger partial charge in [-0.05, 0) is 62.5 Å². The maximum atomic E-state index is 12.0. The van der Waals surface area contributed by atoms with Crippen molar-refractivity contribution in [2.24, 2.45) is 5.92 Å². The molecule has 0 aliphatic carbocycles. The Morgan fingerprint density at radius 3 is 2.68 bits per heavy atom. The molecule has 22 heavy (non-hydrogen) atoms. The number of hydrogen-bond donors (Lipinski definition) is 2. The first-order valence-corrected chi connectivity index (χ1v) is 7.19. The molecule has 1 atom stereocenters. The minimum absolute atomic E-state index is 0. The van der Waals surface area contributed by atoms with E-state index in [2.05, 4.69) is 15.4 Å². The fraction of sp³-hybridized carbons (Fsp3) is 0.533. The lowest BCUT2D eigenvalue weighted by molar-refractivity contribution is -0.0498. The highest BCUT2D eigenvalue weighted by atomic mass is 35.5. The molecule has 124 valence electrons. The fourth-order valence-electron chi connectivity index (χ4n) is 2.45. The van der Waals surface area contributed by atoms with Crippen LogP contribution in [0.4, 0.5) is 8.78 Å². The Hall–Kier alpha value is -1.40. The molecule has 0 radical (unpaired) electrons. The zero-order valence-electron chi connectivity index (χ0n) is 12.2. The third-order valence-corrected chi connectivity index (χ3v) is 3.58. The minimum Gasteiger partial charge on any atom is -0.435 e. The third kappa shape index (κ3) is 6.15. The highest BCUT2D eigenvalue weighted by Gasteiger charge is 2.13. The van der Waals surface area contributed by atoms with Gasteiger partial charge in [0.25, 0.3) is 5.91 Å². The van der Waals surface area contributed by atoms with Crippen LogP contribution in [0, 0.1) is 5.92 Å². The first kappa shape index (κ1) is 18.6. The maximum absolute atomic E-state index is 12.0. The van der Waals surface area contributed by atoms with Crippen molar-refractivity contribution in [1.29, 1.82) is 0 Å². The van der Waals surface area contributed by atoms with Gasteiger partial charge >= 0.3 is 6.61 Å². The van der Waals surface area contributed by atoms with E-state index < -0.39 is 6.61 Å². The molecule has 2 rings (SSSR count). The van der Waals surface area contributed by atoms with Gasteiger partial charge in [-0.25, -0.2) is 0 Å². The molecule has 0 aromatic heterocycles. The lowest BCUT2D eigenvalue weighted by atomic mass is 9.96. The van der Waals surface area contributed by atoms with Crippen LogP contribution in [0.3, 0.4) is 0 Å². The van der Waals surface area contributed by atoms with Gasteiger partial charge in [-0.1, -0.05) is 0 Å². The van der Waals surface area contributed by atoms with E-state index in [-0.39, 0.29) is 24.1 Å². The standard InChI is InChI=1S/C15H20F2N2O2.ClH/c16-15(17)21-13-5-3-12(4-6-13)14(20)19-9-7-11-2-1-8-18-10-11;/h3-6,11,15,18H,1-2,7-10H2,(H,19,20);1H. The van der Waals surface area contributed by atoms with Crippen LogP contribution in [0.15, 0.2) is 24.3 Å². The second-order valence-corrected chi connectivity index (χ2v) is 5.16. The van der Waals surface area contributed by atoms with E-state index >= 15 is 0 Å². The molecule has 7 heteroatoms. The number of hydrogen-bond acceptors (Lipinski definition) is 3. The van der Waals surface area contributed by atoms with E-state index in [0.29, 0.717) is 18.0 Å². The summed E-state index contributed by atoms with van der Waals surface area (Å²) in [6, 6.07) is 5.70. The monoisotopic (exact) mass is 334 g/mol. The lowest BCUT2D eigenvalue weighted by Crippen LogP contribution is -2.33. The van der Waals surface area contributed by atoms with Crippen molar-refractivity contribution in [2.45, 2.75) is 25.9 Å². The van der Waals surface area contributed by atoms with Crippen LogP contribution in [0.1, 0.15) is 29.6 Å². The van der Waals surface area contributed by atoms with Gasteiger partial charge in [0.05, 0.1) is 0 Å². The Balaban J connectivity index is 0.00000242. The van der Waals surface area contributed by atoms with Crippen molar-refractivity contribution < 1.29 is 18.3 Å². The molecule has 4 nitrogen and oxygen atoms in total. The van der Waals surface area contributed by atoms with Gasteiger partial charge in [0.1, 0.15) is 5.75 Å². The molecule has 1 fully saturated rings. The predicted octanol–water partition coefficient (Wildman–Crippen LogP) is 2.83. The Morgan fingerprint density at radius 1 is 1.36 bits per heavy atom. The molecule has 0 spiro atoms. The Bertz CT molecular complexity index is 451. The fourth-order valence-corrected chi connectivity index (χ4v) is 2.45. The number of carbonyl (C=O) groups excluding carboxylic acids is 1. The zero-order valence-corrected chi connectivity index (χ0v) is 13.0. The van der Waals surface area contributed by atoms with Crippen molar-refractivity contribution in [1.82, 2.24) is 10.6 Å². The van der Waals surface area contributed by atoms with Gasteiger partial charge in [-0.3, -0.25) is 4.79 Å². The Labute approximate surface area is 135 Å². The summed E-state index contributed by atoms with van der Waals surface area (Å²) in [5, 5.41) is 6.19. The molecule has 1 unspecified atom stereocenters. The van der Waals surface area contributed by atoms with Crippen LogP contribution in [0.2, 0.25) is 0 Å². The number of piperidine rings is 1. The molecule has 1 heterocycles. The molecule has 1 saturated heterocycles. The minimum atomic E-state index is -2.85. The van der Waals surface area contributed by atoms with Crippen LogP contribution in [-0.4, -0.2) is 32.2 Å². The zero-order chi connectivity index (χ0) is 15.1. The van der Waals surface area contributed by atoms with Crippen LogP contribution in [0.25, 0.3) is 0 Å². The number of amides is 1. The number of benzene rings is 1. The summed E-state index contributed by atoms with van der Waals surface area (Å²) in [6.07, 6.45) is 3.33. The van der Waals surface area contributed by atoms with E-state index in [1.165, 1.54) is 37.1 Å². The van der Waals surface area contributed by atoms with Crippen LogP contribution >= 0.6 is 12.4 Å². The van der Waals surface area contributed by atoms with Gasteiger partial charge < -0.3 is 15.4 Å². The smallest absolute Gasteiger partial charge is 0.387 e. The normalized spacial score (nSPS) is 17.7. The second kappa shape index (κ2) is 9.58. The quantitative estimate of drug-likeness (QED) is 0.841. The van der Waals surface area contributed by atoms with Crippen molar-refractivity contribution in [2.75, 3.05) is 19.6 Å². The van der Waals surface area contributed by atoms with Crippen molar-refractivity contribution in [3.8, 4) is 5.75 Å². The molecule has 2 N–H and O–H groups in total. The summed E-state index contributed by atoms with van der Waals surface area (Å²) in [5.74, 6) is 0.470. The predicted molar refractivity (Wildman–Crippen MR) is 82.9 cm³/mol. The van der Waals surface area contributed by atoms with E-state index in [1.54, 1.807) is 0 Å². The largest absolute Gasteiger partial charge is 0.435 e. The summed E-state index contributed by atoms with van der Waals surface area (Å²) >= 11 is 0. The molecule has 1 aliphatic heterocycles. The van der Waals surface area contributed by atoms with Gasteiger partial charge in [0.15, 0.2) is 0 Å². The van der Waals surface area contributed by atoms with Crippen molar-refractivity contribution >= 4 is 18.3 Å². The number of nitrogens with one attached hydrogen (secondary N) is 2.